The fraction of sp³-hybridized carbons (Fsp3) is 0.263. The average Bonchev–Trinajstić information content (AvgIpc) is 3.08. The lowest BCUT2D eigenvalue weighted by Crippen LogP contribution is -2.17. The van der Waals surface area contributed by atoms with Crippen LogP contribution >= 0.6 is 0 Å². The van der Waals surface area contributed by atoms with Crippen LogP contribution in [-0.4, -0.2) is 18.2 Å². The number of aliphatic hydroxyl groups is 1. The van der Waals surface area contributed by atoms with E-state index in [0.717, 1.165) is 18.7 Å². The lowest BCUT2D eigenvalue weighted by Gasteiger charge is -2.17. The van der Waals surface area contributed by atoms with Crippen LogP contribution in [0, 0.1) is 17.7 Å². The summed E-state index contributed by atoms with van der Waals surface area (Å²) in [5.41, 5.74) is 2.24. The van der Waals surface area contributed by atoms with E-state index >= 15 is 0 Å². The highest BCUT2D eigenvalue weighted by Crippen LogP contribution is 2.20. The molecule has 112 valence electrons. The highest BCUT2D eigenvalue weighted by molar-refractivity contribution is 5.51. The van der Waals surface area contributed by atoms with Gasteiger partial charge in [0.25, 0.3) is 0 Å². The molecule has 0 radical (unpaired) electrons. The molecule has 1 saturated heterocycles. The van der Waals surface area contributed by atoms with Crippen molar-refractivity contribution >= 4 is 5.69 Å². The van der Waals surface area contributed by atoms with E-state index in [2.05, 4.69) is 16.7 Å². The number of hydrogen-bond acceptors (Lipinski definition) is 2. The van der Waals surface area contributed by atoms with Crippen LogP contribution in [0.25, 0.3) is 0 Å². The summed E-state index contributed by atoms with van der Waals surface area (Å²) in [6.45, 7) is 2.22. The Morgan fingerprint density at radius 3 is 2.36 bits per heavy atom. The summed E-state index contributed by atoms with van der Waals surface area (Å²) in [5.74, 6) is 5.16. The molecule has 0 bridgehead atoms. The molecule has 1 aliphatic rings. The third-order valence-corrected chi connectivity index (χ3v) is 3.89. The van der Waals surface area contributed by atoms with Gasteiger partial charge in [0.15, 0.2) is 0 Å². The zero-order chi connectivity index (χ0) is 15.4. The van der Waals surface area contributed by atoms with Crippen molar-refractivity contribution in [2.24, 2.45) is 0 Å². The molecule has 22 heavy (non-hydrogen) atoms. The van der Waals surface area contributed by atoms with Crippen molar-refractivity contribution < 1.29 is 9.50 Å². The Morgan fingerprint density at radius 1 is 1.00 bits per heavy atom. The minimum Gasteiger partial charge on any atom is -0.376 e. The van der Waals surface area contributed by atoms with Gasteiger partial charge >= 0.3 is 0 Å². The van der Waals surface area contributed by atoms with E-state index in [0.29, 0.717) is 0 Å². The summed E-state index contributed by atoms with van der Waals surface area (Å²) in [5, 5.41) is 9.97. The Bertz CT molecular complexity index is 693. The van der Waals surface area contributed by atoms with Crippen molar-refractivity contribution in [1.82, 2.24) is 0 Å². The second kappa shape index (κ2) is 6.64. The number of nitrogens with zero attached hydrogens (tertiary/aromatic N) is 1. The van der Waals surface area contributed by atoms with Crippen LogP contribution in [0.15, 0.2) is 48.5 Å². The monoisotopic (exact) mass is 295 g/mol. The van der Waals surface area contributed by atoms with Crippen molar-refractivity contribution in [2.75, 3.05) is 18.0 Å². The number of hydrogen-bond donors (Lipinski definition) is 1. The average molecular weight is 295 g/mol. The van der Waals surface area contributed by atoms with Crippen molar-refractivity contribution in [1.29, 1.82) is 0 Å². The molecule has 2 aromatic carbocycles. The van der Waals surface area contributed by atoms with E-state index in [1.165, 1.54) is 24.6 Å². The number of benzene rings is 2. The maximum Gasteiger partial charge on any atom is 0.143 e. The first kappa shape index (κ1) is 14.6. The van der Waals surface area contributed by atoms with Gasteiger partial charge < -0.3 is 10.0 Å². The first-order valence-corrected chi connectivity index (χ1v) is 7.53. The Hall–Kier alpha value is -2.31. The van der Waals surface area contributed by atoms with Gasteiger partial charge in [-0.25, -0.2) is 4.39 Å². The quantitative estimate of drug-likeness (QED) is 0.857. The van der Waals surface area contributed by atoms with Crippen LogP contribution in [-0.2, 0) is 0 Å². The van der Waals surface area contributed by atoms with E-state index < -0.39 is 11.9 Å². The van der Waals surface area contributed by atoms with Crippen molar-refractivity contribution in [3.63, 3.8) is 0 Å². The normalized spacial score (nSPS) is 15.3. The van der Waals surface area contributed by atoms with Gasteiger partial charge in [-0.05, 0) is 43.2 Å². The third-order valence-electron chi connectivity index (χ3n) is 3.89. The molecule has 3 heteroatoms. The van der Waals surface area contributed by atoms with E-state index in [-0.39, 0.29) is 5.56 Å². The molecule has 0 aliphatic carbocycles. The summed E-state index contributed by atoms with van der Waals surface area (Å²) in [6, 6.07) is 14.1. The Balaban J connectivity index is 1.72. The lowest BCUT2D eigenvalue weighted by atomic mass is 10.1. The zero-order valence-corrected chi connectivity index (χ0v) is 12.3. The Labute approximate surface area is 130 Å². The lowest BCUT2D eigenvalue weighted by molar-refractivity contribution is 0.233. The highest BCUT2D eigenvalue weighted by Gasteiger charge is 2.11. The molecule has 2 nitrogen and oxygen atoms in total. The van der Waals surface area contributed by atoms with Gasteiger partial charge in [0.1, 0.15) is 11.9 Å². The second-order valence-electron chi connectivity index (χ2n) is 5.43. The molecule has 1 atom stereocenters. The maximum absolute atomic E-state index is 13.6. The first-order valence-electron chi connectivity index (χ1n) is 7.53. The maximum atomic E-state index is 13.6. The SMILES string of the molecule is OC(C#Cc1ccc(N2CCCC2)cc1)c1ccccc1F. The zero-order valence-electron chi connectivity index (χ0n) is 12.3. The van der Waals surface area contributed by atoms with Gasteiger partial charge in [-0.2, -0.15) is 0 Å². The van der Waals surface area contributed by atoms with E-state index in [4.69, 9.17) is 0 Å². The molecular formula is C19H18FNO. The number of halogens is 1. The molecule has 3 rings (SSSR count). The van der Waals surface area contributed by atoms with Gasteiger partial charge in [-0.3, -0.25) is 0 Å². The third kappa shape index (κ3) is 3.29. The van der Waals surface area contributed by atoms with Crippen LogP contribution in [0.1, 0.15) is 30.1 Å². The summed E-state index contributed by atoms with van der Waals surface area (Å²) >= 11 is 0. The molecule has 0 saturated carbocycles. The van der Waals surface area contributed by atoms with Crippen LogP contribution in [0.2, 0.25) is 0 Å². The molecular weight excluding hydrogens is 277 g/mol. The molecule has 1 N–H and O–H groups in total. The van der Waals surface area contributed by atoms with E-state index in [1.807, 2.05) is 24.3 Å². The van der Waals surface area contributed by atoms with E-state index in [1.54, 1.807) is 18.2 Å². The summed E-state index contributed by atoms with van der Waals surface area (Å²) in [6.07, 6.45) is 1.38. The number of anilines is 1. The van der Waals surface area contributed by atoms with Crippen molar-refractivity contribution in [3.8, 4) is 11.8 Å². The topological polar surface area (TPSA) is 23.5 Å². The molecule has 1 heterocycles. The first-order chi connectivity index (χ1) is 10.7. The molecule has 2 aromatic rings. The summed E-state index contributed by atoms with van der Waals surface area (Å²) in [7, 11) is 0. The van der Waals surface area contributed by atoms with Crippen LogP contribution in [0.5, 0.6) is 0 Å². The standard InChI is InChI=1S/C19H18FNO/c20-18-6-2-1-5-17(18)19(22)12-9-15-7-10-16(11-8-15)21-13-3-4-14-21/h1-2,5-8,10-11,19,22H,3-4,13-14H2. The van der Waals surface area contributed by atoms with E-state index in [9.17, 15) is 9.50 Å². The Morgan fingerprint density at radius 2 is 1.68 bits per heavy atom. The summed E-state index contributed by atoms with van der Waals surface area (Å²) in [4.78, 5) is 2.35. The number of aliphatic hydroxyl groups excluding tert-OH is 1. The predicted molar refractivity (Wildman–Crippen MR) is 86.1 cm³/mol. The highest BCUT2D eigenvalue weighted by atomic mass is 19.1. The van der Waals surface area contributed by atoms with Crippen LogP contribution < -0.4 is 4.90 Å². The molecule has 1 aliphatic heterocycles. The number of rotatable bonds is 2. The van der Waals surface area contributed by atoms with Gasteiger partial charge in [-0.15, -0.1) is 0 Å². The van der Waals surface area contributed by atoms with Crippen molar-refractivity contribution in [2.45, 2.75) is 18.9 Å². The minimum atomic E-state index is -1.11. The molecule has 1 fully saturated rings. The largest absolute Gasteiger partial charge is 0.376 e. The molecule has 0 spiro atoms. The predicted octanol–water partition coefficient (Wildman–Crippen LogP) is 3.51. The van der Waals surface area contributed by atoms with Gasteiger partial charge in [0, 0.05) is 29.9 Å². The fourth-order valence-electron chi connectivity index (χ4n) is 2.66. The van der Waals surface area contributed by atoms with Crippen LogP contribution in [0.4, 0.5) is 10.1 Å². The van der Waals surface area contributed by atoms with Gasteiger partial charge in [0.05, 0.1) is 0 Å². The Kier molecular flexibility index (Phi) is 4.41. The molecule has 0 aromatic heterocycles. The molecule has 1 unspecified atom stereocenters. The second-order valence-corrected chi connectivity index (χ2v) is 5.43. The smallest absolute Gasteiger partial charge is 0.143 e. The van der Waals surface area contributed by atoms with Gasteiger partial charge in [-0.1, -0.05) is 30.0 Å². The van der Waals surface area contributed by atoms with Crippen molar-refractivity contribution in [3.05, 3.63) is 65.5 Å². The summed E-state index contributed by atoms with van der Waals surface area (Å²) < 4.78 is 13.6. The minimum absolute atomic E-state index is 0.212. The molecule has 0 amide bonds. The van der Waals surface area contributed by atoms with Gasteiger partial charge in [0.2, 0.25) is 0 Å². The fourth-order valence-corrected chi connectivity index (χ4v) is 2.66. The van der Waals surface area contributed by atoms with Crippen LogP contribution in [0.3, 0.4) is 0 Å².